The Kier molecular flexibility index (Phi) is 4.77. The molecular formula is C15H12Br2O2. The summed E-state index contributed by atoms with van der Waals surface area (Å²) in [5.41, 5.74) is 1.56. The zero-order valence-corrected chi connectivity index (χ0v) is 13.5. The van der Waals surface area contributed by atoms with Gasteiger partial charge in [0.05, 0.1) is 7.11 Å². The molecule has 98 valence electrons. The Morgan fingerprint density at radius 2 is 1.89 bits per heavy atom. The molecule has 2 aromatic carbocycles. The van der Waals surface area contributed by atoms with Crippen molar-refractivity contribution in [3.63, 3.8) is 0 Å². The summed E-state index contributed by atoms with van der Waals surface area (Å²) in [6, 6.07) is 13.1. The third kappa shape index (κ3) is 3.45. The molecule has 0 N–H and O–H groups in total. The average Bonchev–Trinajstić information content (AvgIpc) is 2.42. The van der Waals surface area contributed by atoms with Gasteiger partial charge in [-0.25, -0.2) is 0 Å². The molecule has 2 aromatic rings. The van der Waals surface area contributed by atoms with Crippen LogP contribution in [0.15, 0.2) is 51.4 Å². The van der Waals surface area contributed by atoms with E-state index in [0.29, 0.717) is 12.0 Å². The average molecular weight is 384 g/mol. The third-order valence-electron chi connectivity index (χ3n) is 2.77. The smallest absolute Gasteiger partial charge is 0.168 e. The van der Waals surface area contributed by atoms with Crippen LogP contribution in [0.5, 0.6) is 5.75 Å². The molecule has 0 atom stereocenters. The SMILES string of the molecule is COc1ccccc1CC(=O)c1cc(Br)ccc1Br. The highest BCUT2D eigenvalue weighted by Gasteiger charge is 2.13. The van der Waals surface area contributed by atoms with E-state index in [2.05, 4.69) is 31.9 Å². The van der Waals surface area contributed by atoms with Crippen LogP contribution in [0.2, 0.25) is 0 Å². The normalized spacial score (nSPS) is 10.3. The summed E-state index contributed by atoms with van der Waals surface area (Å²) in [5.74, 6) is 0.791. The summed E-state index contributed by atoms with van der Waals surface area (Å²) < 4.78 is 6.95. The maximum Gasteiger partial charge on any atom is 0.168 e. The Morgan fingerprint density at radius 3 is 2.63 bits per heavy atom. The van der Waals surface area contributed by atoms with Crippen LogP contribution in [0.1, 0.15) is 15.9 Å². The Hall–Kier alpha value is -1.13. The fraction of sp³-hybridized carbons (Fsp3) is 0.133. The molecule has 2 nitrogen and oxygen atoms in total. The summed E-state index contributed by atoms with van der Waals surface area (Å²) in [5, 5.41) is 0. The van der Waals surface area contributed by atoms with E-state index >= 15 is 0 Å². The number of Topliss-reactive ketones (excluding diaryl/α,β-unsaturated/α-hetero) is 1. The predicted octanol–water partition coefficient (Wildman–Crippen LogP) is 4.65. The molecule has 0 saturated heterocycles. The molecule has 0 radical (unpaired) electrons. The number of hydrogen-bond donors (Lipinski definition) is 0. The van der Waals surface area contributed by atoms with E-state index in [0.717, 1.165) is 20.3 Å². The molecule has 0 aliphatic rings. The molecule has 0 bridgehead atoms. The van der Waals surface area contributed by atoms with E-state index in [4.69, 9.17) is 4.74 Å². The quantitative estimate of drug-likeness (QED) is 0.718. The minimum atomic E-state index is 0.0534. The van der Waals surface area contributed by atoms with Gasteiger partial charge in [0.15, 0.2) is 5.78 Å². The monoisotopic (exact) mass is 382 g/mol. The minimum absolute atomic E-state index is 0.0534. The molecule has 0 saturated carbocycles. The highest BCUT2D eigenvalue weighted by atomic mass is 79.9. The number of hydrogen-bond acceptors (Lipinski definition) is 2. The molecule has 0 amide bonds. The van der Waals surface area contributed by atoms with Crippen LogP contribution >= 0.6 is 31.9 Å². The van der Waals surface area contributed by atoms with Gasteiger partial charge in [-0.05, 0) is 24.3 Å². The fourth-order valence-corrected chi connectivity index (χ4v) is 2.66. The summed E-state index contributed by atoms with van der Waals surface area (Å²) in [4.78, 5) is 12.3. The summed E-state index contributed by atoms with van der Waals surface area (Å²) in [6.07, 6.45) is 0.319. The number of para-hydroxylation sites is 1. The van der Waals surface area contributed by atoms with Crippen LogP contribution in [0.4, 0.5) is 0 Å². The number of ether oxygens (including phenoxy) is 1. The van der Waals surface area contributed by atoms with E-state index in [1.807, 2.05) is 42.5 Å². The summed E-state index contributed by atoms with van der Waals surface area (Å²) >= 11 is 6.79. The number of benzene rings is 2. The second kappa shape index (κ2) is 6.35. The van der Waals surface area contributed by atoms with Gasteiger partial charge in [0.2, 0.25) is 0 Å². The van der Waals surface area contributed by atoms with Gasteiger partial charge in [0, 0.05) is 26.5 Å². The lowest BCUT2D eigenvalue weighted by Gasteiger charge is -2.08. The van der Waals surface area contributed by atoms with Crippen LogP contribution in [0, 0.1) is 0 Å². The maximum atomic E-state index is 12.3. The van der Waals surface area contributed by atoms with Gasteiger partial charge >= 0.3 is 0 Å². The van der Waals surface area contributed by atoms with Gasteiger partial charge in [0.1, 0.15) is 5.75 Å². The van der Waals surface area contributed by atoms with E-state index < -0.39 is 0 Å². The Bertz CT molecular complexity index is 609. The number of carbonyl (C=O) groups is 1. The van der Waals surface area contributed by atoms with Crippen LogP contribution in [-0.4, -0.2) is 12.9 Å². The van der Waals surface area contributed by atoms with E-state index in [1.54, 1.807) is 7.11 Å². The second-order valence-corrected chi connectivity index (χ2v) is 5.81. The van der Waals surface area contributed by atoms with Crippen LogP contribution in [0.3, 0.4) is 0 Å². The van der Waals surface area contributed by atoms with Crippen molar-refractivity contribution in [3.05, 3.63) is 62.5 Å². The van der Waals surface area contributed by atoms with Crippen molar-refractivity contribution >= 4 is 37.6 Å². The largest absolute Gasteiger partial charge is 0.496 e. The molecule has 0 aromatic heterocycles. The first-order valence-corrected chi connectivity index (χ1v) is 7.30. The Labute approximate surface area is 129 Å². The van der Waals surface area contributed by atoms with Gasteiger partial charge in [-0.15, -0.1) is 0 Å². The van der Waals surface area contributed by atoms with Crippen molar-refractivity contribution in [3.8, 4) is 5.75 Å². The first-order chi connectivity index (χ1) is 9.11. The first-order valence-electron chi connectivity index (χ1n) is 5.72. The lowest BCUT2D eigenvalue weighted by molar-refractivity contribution is 0.0991. The van der Waals surface area contributed by atoms with Crippen molar-refractivity contribution in [1.29, 1.82) is 0 Å². The first kappa shape index (κ1) is 14.3. The van der Waals surface area contributed by atoms with E-state index in [-0.39, 0.29) is 5.78 Å². The molecule has 19 heavy (non-hydrogen) atoms. The van der Waals surface area contributed by atoms with Gasteiger partial charge in [-0.2, -0.15) is 0 Å². The molecule has 0 heterocycles. The lowest BCUT2D eigenvalue weighted by atomic mass is 10.0. The van der Waals surface area contributed by atoms with Gasteiger partial charge in [-0.1, -0.05) is 50.1 Å². The van der Waals surface area contributed by atoms with Crippen molar-refractivity contribution in [1.82, 2.24) is 0 Å². The molecule has 0 fully saturated rings. The van der Waals surface area contributed by atoms with Crippen molar-refractivity contribution in [2.75, 3.05) is 7.11 Å². The molecule has 2 rings (SSSR count). The standard InChI is InChI=1S/C15H12Br2O2/c1-19-15-5-3-2-4-10(15)8-14(18)12-9-11(16)6-7-13(12)17/h2-7,9H,8H2,1H3. The molecule has 0 unspecified atom stereocenters. The Balaban J connectivity index is 2.28. The van der Waals surface area contributed by atoms with Gasteiger partial charge in [-0.3, -0.25) is 4.79 Å². The highest BCUT2D eigenvalue weighted by molar-refractivity contribution is 9.11. The van der Waals surface area contributed by atoms with Crippen molar-refractivity contribution in [2.24, 2.45) is 0 Å². The predicted molar refractivity (Wildman–Crippen MR) is 82.9 cm³/mol. The third-order valence-corrected chi connectivity index (χ3v) is 3.96. The number of halogens is 2. The molecule has 0 aliphatic carbocycles. The summed E-state index contributed by atoms with van der Waals surface area (Å²) in [7, 11) is 1.61. The number of methoxy groups -OCH3 is 1. The number of rotatable bonds is 4. The molecule has 0 aliphatic heterocycles. The summed E-state index contributed by atoms with van der Waals surface area (Å²) in [6.45, 7) is 0. The van der Waals surface area contributed by atoms with Crippen LogP contribution in [0.25, 0.3) is 0 Å². The fourth-order valence-electron chi connectivity index (χ4n) is 1.83. The van der Waals surface area contributed by atoms with Crippen molar-refractivity contribution in [2.45, 2.75) is 6.42 Å². The topological polar surface area (TPSA) is 26.3 Å². The van der Waals surface area contributed by atoms with E-state index in [1.165, 1.54) is 0 Å². The van der Waals surface area contributed by atoms with Crippen molar-refractivity contribution < 1.29 is 9.53 Å². The highest BCUT2D eigenvalue weighted by Crippen LogP contribution is 2.25. The number of carbonyl (C=O) groups excluding carboxylic acids is 1. The van der Waals surface area contributed by atoms with Crippen LogP contribution in [-0.2, 0) is 6.42 Å². The zero-order valence-electron chi connectivity index (χ0n) is 10.3. The molecule has 4 heteroatoms. The minimum Gasteiger partial charge on any atom is -0.496 e. The van der Waals surface area contributed by atoms with Gasteiger partial charge in [0.25, 0.3) is 0 Å². The molecular weight excluding hydrogens is 372 g/mol. The van der Waals surface area contributed by atoms with E-state index in [9.17, 15) is 4.79 Å². The second-order valence-electron chi connectivity index (χ2n) is 4.04. The maximum absolute atomic E-state index is 12.3. The zero-order chi connectivity index (χ0) is 13.8. The Morgan fingerprint density at radius 1 is 1.16 bits per heavy atom. The molecule has 0 spiro atoms. The van der Waals surface area contributed by atoms with Gasteiger partial charge < -0.3 is 4.74 Å². The number of ketones is 1. The van der Waals surface area contributed by atoms with Crippen LogP contribution < -0.4 is 4.74 Å². The lowest BCUT2D eigenvalue weighted by Crippen LogP contribution is -2.05.